The molecular formula is C16H29N3O2. The first-order valence-corrected chi connectivity index (χ1v) is 7.95. The molecule has 120 valence electrons. The van der Waals surface area contributed by atoms with E-state index in [4.69, 9.17) is 10.2 Å². The van der Waals surface area contributed by atoms with Crippen LogP contribution in [0.2, 0.25) is 0 Å². The molecule has 0 spiro atoms. The molecule has 21 heavy (non-hydrogen) atoms. The van der Waals surface area contributed by atoms with Gasteiger partial charge in [-0.25, -0.2) is 4.98 Å². The lowest BCUT2D eigenvalue weighted by Crippen LogP contribution is -2.32. The lowest BCUT2D eigenvalue weighted by Gasteiger charge is -2.13. The van der Waals surface area contributed by atoms with Gasteiger partial charge in [0.2, 0.25) is 5.89 Å². The van der Waals surface area contributed by atoms with E-state index < -0.39 is 0 Å². The molecular weight excluding hydrogens is 266 g/mol. The van der Waals surface area contributed by atoms with Crippen molar-refractivity contribution in [2.45, 2.75) is 71.9 Å². The second kappa shape index (κ2) is 8.82. The van der Waals surface area contributed by atoms with Crippen molar-refractivity contribution in [3.8, 4) is 0 Å². The molecule has 1 heterocycles. The number of amides is 1. The summed E-state index contributed by atoms with van der Waals surface area (Å²) in [5.41, 5.74) is 6.24. The molecule has 0 aliphatic heterocycles. The van der Waals surface area contributed by atoms with Gasteiger partial charge in [-0.2, -0.15) is 0 Å². The summed E-state index contributed by atoms with van der Waals surface area (Å²) in [4.78, 5) is 16.3. The number of aromatic nitrogens is 1. The lowest BCUT2D eigenvalue weighted by atomic mass is 10.0. The molecule has 2 unspecified atom stereocenters. The first kappa shape index (κ1) is 17.7. The van der Waals surface area contributed by atoms with Gasteiger partial charge in [0.25, 0.3) is 5.91 Å². The van der Waals surface area contributed by atoms with Crippen LogP contribution < -0.4 is 11.1 Å². The summed E-state index contributed by atoms with van der Waals surface area (Å²) in [6.07, 6.45) is 6.42. The largest absolute Gasteiger partial charge is 0.446 e. The molecule has 3 N–H and O–H groups in total. The molecule has 5 heteroatoms. The molecule has 5 nitrogen and oxygen atoms in total. The van der Waals surface area contributed by atoms with Gasteiger partial charge in [0.15, 0.2) is 5.69 Å². The topological polar surface area (TPSA) is 81.1 Å². The van der Waals surface area contributed by atoms with Crippen molar-refractivity contribution in [3.63, 3.8) is 0 Å². The molecule has 0 aliphatic carbocycles. The van der Waals surface area contributed by atoms with E-state index in [0.717, 1.165) is 25.7 Å². The lowest BCUT2D eigenvalue weighted by molar-refractivity contribution is 0.0932. The van der Waals surface area contributed by atoms with E-state index in [1.807, 2.05) is 6.92 Å². The van der Waals surface area contributed by atoms with E-state index in [9.17, 15) is 4.79 Å². The zero-order chi connectivity index (χ0) is 15.8. The number of rotatable bonds is 9. The molecule has 0 aliphatic rings. The molecule has 0 saturated heterocycles. The smallest absolute Gasteiger partial charge is 0.273 e. The number of hydrogen-bond donors (Lipinski definition) is 2. The van der Waals surface area contributed by atoms with Crippen molar-refractivity contribution >= 4 is 5.91 Å². The van der Waals surface area contributed by atoms with E-state index in [0.29, 0.717) is 17.5 Å². The van der Waals surface area contributed by atoms with Crippen molar-refractivity contribution in [3.05, 3.63) is 17.8 Å². The van der Waals surface area contributed by atoms with Gasteiger partial charge in [0.05, 0.1) is 6.04 Å². The zero-order valence-corrected chi connectivity index (χ0v) is 13.7. The van der Waals surface area contributed by atoms with Crippen molar-refractivity contribution in [2.24, 2.45) is 11.7 Å². The van der Waals surface area contributed by atoms with Crippen LogP contribution in [0.5, 0.6) is 0 Å². The Hall–Kier alpha value is -1.36. The van der Waals surface area contributed by atoms with Gasteiger partial charge in [-0.15, -0.1) is 0 Å². The minimum Gasteiger partial charge on any atom is -0.446 e. The second-order valence-electron chi connectivity index (χ2n) is 6.17. The summed E-state index contributed by atoms with van der Waals surface area (Å²) in [6, 6.07) is -0.0965. The zero-order valence-electron chi connectivity index (χ0n) is 13.7. The molecule has 0 fully saturated rings. The molecule has 0 radical (unpaired) electrons. The Labute approximate surface area is 127 Å². The maximum Gasteiger partial charge on any atom is 0.273 e. The van der Waals surface area contributed by atoms with Gasteiger partial charge in [-0.05, 0) is 25.7 Å². The maximum atomic E-state index is 12.1. The van der Waals surface area contributed by atoms with Crippen molar-refractivity contribution < 1.29 is 9.21 Å². The number of hydrogen-bond acceptors (Lipinski definition) is 4. The molecule has 0 bridgehead atoms. The Kier molecular flexibility index (Phi) is 7.43. The molecule has 2 atom stereocenters. The van der Waals surface area contributed by atoms with Crippen LogP contribution in [0.1, 0.15) is 82.2 Å². The van der Waals surface area contributed by atoms with Crippen molar-refractivity contribution in [1.82, 2.24) is 10.3 Å². The van der Waals surface area contributed by atoms with Gasteiger partial charge in [-0.1, -0.05) is 40.0 Å². The first-order valence-electron chi connectivity index (χ1n) is 7.95. The third kappa shape index (κ3) is 6.29. The van der Waals surface area contributed by atoms with Crippen LogP contribution in [0.4, 0.5) is 0 Å². The Morgan fingerprint density at radius 1 is 1.33 bits per heavy atom. The van der Waals surface area contributed by atoms with Gasteiger partial charge in [0.1, 0.15) is 6.26 Å². The average molecular weight is 295 g/mol. The monoisotopic (exact) mass is 295 g/mol. The predicted octanol–water partition coefficient (Wildman–Crippen LogP) is 3.42. The van der Waals surface area contributed by atoms with E-state index in [2.05, 4.69) is 31.1 Å². The SMILES string of the molecule is CCCC(N)c1nc(C(=O)NC(C)CCCC(C)C)co1. The molecule has 1 aromatic heterocycles. The normalized spacial score (nSPS) is 14.2. The highest BCUT2D eigenvalue weighted by Crippen LogP contribution is 2.15. The second-order valence-corrected chi connectivity index (χ2v) is 6.17. The van der Waals surface area contributed by atoms with Crippen LogP contribution in [0.3, 0.4) is 0 Å². The number of oxazole rings is 1. The summed E-state index contributed by atoms with van der Waals surface area (Å²) in [5.74, 6) is 0.950. The average Bonchev–Trinajstić information content (AvgIpc) is 2.88. The van der Waals surface area contributed by atoms with Crippen molar-refractivity contribution in [1.29, 1.82) is 0 Å². The highest BCUT2D eigenvalue weighted by atomic mass is 16.3. The number of nitrogens with two attached hydrogens (primary N) is 1. The Morgan fingerprint density at radius 2 is 2.05 bits per heavy atom. The number of nitrogens with zero attached hydrogens (tertiary/aromatic N) is 1. The third-order valence-electron chi connectivity index (χ3n) is 3.47. The fraction of sp³-hybridized carbons (Fsp3) is 0.750. The minimum absolute atomic E-state index is 0.140. The van der Waals surface area contributed by atoms with Crippen LogP contribution in [-0.4, -0.2) is 16.9 Å². The standard InChI is InChI=1S/C16H29N3O2/c1-5-7-13(17)16-19-14(10-21-16)15(20)18-12(4)9-6-8-11(2)3/h10-13H,5-9,17H2,1-4H3,(H,18,20). The van der Waals surface area contributed by atoms with Crippen LogP contribution >= 0.6 is 0 Å². The fourth-order valence-corrected chi connectivity index (χ4v) is 2.20. The van der Waals surface area contributed by atoms with Gasteiger partial charge >= 0.3 is 0 Å². The Bertz CT molecular complexity index is 429. The molecule has 1 aromatic rings. The molecule has 0 aromatic carbocycles. The summed E-state index contributed by atoms with van der Waals surface area (Å²) in [5, 5.41) is 2.95. The van der Waals surface area contributed by atoms with Crippen molar-refractivity contribution in [2.75, 3.05) is 0 Å². The minimum atomic E-state index is -0.236. The number of carbonyl (C=O) groups is 1. The molecule has 1 rings (SSSR count). The number of carbonyl (C=O) groups excluding carboxylic acids is 1. The van der Waals surface area contributed by atoms with Crippen LogP contribution in [0.25, 0.3) is 0 Å². The Morgan fingerprint density at radius 3 is 2.67 bits per heavy atom. The van der Waals surface area contributed by atoms with Crippen LogP contribution in [0.15, 0.2) is 10.7 Å². The fourth-order valence-electron chi connectivity index (χ4n) is 2.20. The highest BCUT2D eigenvalue weighted by molar-refractivity contribution is 5.92. The summed E-state index contributed by atoms with van der Waals surface area (Å²) >= 11 is 0. The van der Waals surface area contributed by atoms with Crippen LogP contribution in [-0.2, 0) is 0 Å². The molecule has 1 amide bonds. The van der Waals surface area contributed by atoms with E-state index >= 15 is 0 Å². The van der Waals surface area contributed by atoms with Gasteiger partial charge in [-0.3, -0.25) is 4.79 Å². The summed E-state index contributed by atoms with van der Waals surface area (Å²) < 4.78 is 5.30. The first-order chi connectivity index (χ1) is 9.93. The van der Waals surface area contributed by atoms with Gasteiger partial charge < -0.3 is 15.5 Å². The quantitative estimate of drug-likeness (QED) is 0.731. The summed E-state index contributed by atoms with van der Waals surface area (Å²) in [6.45, 7) is 8.48. The van der Waals surface area contributed by atoms with Gasteiger partial charge in [0, 0.05) is 6.04 Å². The van der Waals surface area contributed by atoms with E-state index in [-0.39, 0.29) is 18.0 Å². The number of nitrogens with one attached hydrogen (secondary N) is 1. The molecule has 0 saturated carbocycles. The predicted molar refractivity (Wildman–Crippen MR) is 84.0 cm³/mol. The maximum absolute atomic E-state index is 12.1. The van der Waals surface area contributed by atoms with E-state index in [1.165, 1.54) is 12.7 Å². The highest BCUT2D eigenvalue weighted by Gasteiger charge is 2.17. The Balaban J connectivity index is 2.44. The van der Waals surface area contributed by atoms with E-state index in [1.54, 1.807) is 0 Å². The van der Waals surface area contributed by atoms with Crippen LogP contribution in [0, 0.1) is 5.92 Å². The third-order valence-corrected chi connectivity index (χ3v) is 3.47. The summed E-state index contributed by atoms with van der Waals surface area (Å²) in [7, 11) is 0.